The van der Waals surface area contributed by atoms with Gasteiger partial charge in [-0.1, -0.05) is 18.5 Å². The summed E-state index contributed by atoms with van der Waals surface area (Å²) in [5, 5.41) is 2.66. The van der Waals surface area contributed by atoms with E-state index in [0.29, 0.717) is 17.7 Å². The minimum absolute atomic E-state index is 0.111. The molecule has 0 atom stereocenters. The monoisotopic (exact) mass is 205 g/mol. The van der Waals surface area contributed by atoms with Crippen LogP contribution in [0.25, 0.3) is 0 Å². The first-order valence-electron chi connectivity index (χ1n) is 4.82. The number of nitrogens with one attached hydrogen (secondary N) is 1. The van der Waals surface area contributed by atoms with E-state index >= 15 is 0 Å². The van der Waals surface area contributed by atoms with Gasteiger partial charge in [0.25, 0.3) is 0 Å². The number of hydrogen-bond acceptors (Lipinski definition) is 1. The summed E-state index contributed by atoms with van der Waals surface area (Å²) < 4.78 is 13.4. The van der Waals surface area contributed by atoms with E-state index in [0.717, 1.165) is 5.56 Å². The summed E-state index contributed by atoms with van der Waals surface area (Å²) in [6.07, 6.45) is 0.366. The Labute approximate surface area is 90.3 Å². The summed E-state index contributed by atoms with van der Waals surface area (Å²) in [6.45, 7) is 5.13. The summed E-state index contributed by atoms with van der Waals surface area (Å²) in [6, 6.07) is 1.52. The van der Waals surface area contributed by atoms with Crippen molar-refractivity contribution < 1.29 is 9.18 Å². The molecule has 0 aliphatic rings. The van der Waals surface area contributed by atoms with E-state index in [1.807, 2.05) is 0 Å². The minimum Gasteiger partial charge on any atom is -0.326 e. The Kier molecular flexibility index (Phi) is 3.50. The maximum absolute atomic E-state index is 13.4. The molecule has 0 aliphatic carbocycles. The van der Waals surface area contributed by atoms with Crippen LogP contribution >= 0.6 is 0 Å². The quantitative estimate of drug-likeness (QED) is 0.729. The maximum atomic E-state index is 13.4. The molecule has 1 aromatic carbocycles. The molecule has 1 amide bonds. The Morgan fingerprint density at radius 3 is 2.67 bits per heavy atom. The van der Waals surface area contributed by atoms with Crippen molar-refractivity contribution in [3.05, 3.63) is 23.0 Å². The Bertz CT molecular complexity index is 404. The van der Waals surface area contributed by atoms with Gasteiger partial charge in [-0.15, -0.1) is 0 Å². The molecule has 0 unspecified atom stereocenters. The predicted octanol–water partition coefficient (Wildman–Crippen LogP) is 1.58. The average Bonchev–Trinajstić information content (AvgIpc) is 2.21. The molecule has 0 aromatic heterocycles. The molecule has 0 fully saturated rings. The zero-order valence-electron chi connectivity index (χ0n) is 9.15. The number of benzene rings is 1. The number of aryl methyl sites for hydroxylation is 1. The molecule has 0 saturated heterocycles. The molecule has 15 heavy (non-hydrogen) atoms. The van der Waals surface area contributed by atoms with Crippen LogP contribution in [0, 0.1) is 19.7 Å². The second kappa shape index (κ2) is 4.47. The van der Waals surface area contributed by atoms with Gasteiger partial charge in [-0.2, -0.15) is 0 Å². The first kappa shape index (κ1) is 11.8. The van der Waals surface area contributed by atoms with Crippen molar-refractivity contribution in [3.8, 4) is 0 Å². The number of carbonyl (C=O) groups excluding carboxylic acids is 1. The highest BCUT2D eigenvalue weighted by Crippen LogP contribution is 2.21. The lowest BCUT2D eigenvalue weighted by molar-refractivity contribution is -0.115. The molecule has 78 valence electrons. The van der Waals surface area contributed by atoms with E-state index < -0.39 is 5.82 Å². The summed E-state index contributed by atoms with van der Waals surface area (Å²) in [7, 11) is 5.47. The van der Waals surface area contributed by atoms with Crippen LogP contribution in [0.1, 0.15) is 24.5 Å². The Hall–Kier alpha value is -1.32. The van der Waals surface area contributed by atoms with Crippen LogP contribution < -0.4 is 10.8 Å². The van der Waals surface area contributed by atoms with Crippen molar-refractivity contribution in [3.63, 3.8) is 0 Å². The van der Waals surface area contributed by atoms with Crippen LogP contribution in [0.2, 0.25) is 0 Å². The summed E-state index contributed by atoms with van der Waals surface area (Å²) in [4.78, 5) is 11.2. The van der Waals surface area contributed by atoms with Gasteiger partial charge in [0.2, 0.25) is 5.91 Å². The molecule has 0 aliphatic heterocycles. The third-order valence-corrected chi connectivity index (χ3v) is 2.31. The fourth-order valence-corrected chi connectivity index (χ4v) is 1.41. The highest BCUT2D eigenvalue weighted by molar-refractivity contribution is 6.32. The highest BCUT2D eigenvalue weighted by atomic mass is 19.1. The topological polar surface area (TPSA) is 29.1 Å². The molecule has 0 heterocycles. The van der Waals surface area contributed by atoms with Gasteiger partial charge < -0.3 is 5.32 Å². The van der Waals surface area contributed by atoms with Gasteiger partial charge in [0.15, 0.2) is 0 Å². The van der Waals surface area contributed by atoms with Crippen LogP contribution in [0.3, 0.4) is 0 Å². The Morgan fingerprint density at radius 2 is 2.13 bits per heavy atom. The number of carbonyl (C=O) groups is 1. The fraction of sp³-hybridized carbons (Fsp3) is 0.364. The van der Waals surface area contributed by atoms with Crippen molar-refractivity contribution in [2.75, 3.05) is 5.32 Å². The second-order valence-corrected chi connectivity index (χ2v) is 3.50. The van der Waals surface area contributed by atoms with Crippen LogP contribution in [-0.2, 0) is 4.79 Å². The SMILES string of the molecule is [B]c1cc(C)c(NC(=O)CC)c(C)c1F. The van der Waals surface area contributed by atoms with E-state index in [4.69, 9.17) is 7.85 Å². The molecule has 0 saturated carbocycles. The number of amides is 1. The maximum Gasteiger partial charge on any atom is 0.224 e. The van der Waals surface area contributed by atoms with Crippen molar-refractivity contribution in [1.29, 1.82) is 0 Å². The fourth-order valence-electron chi connectivity index (χ4n) is 1.41. The molecule has 1 rings (SSSR count). The number of halogens is 1. The molecule has 1 aromatic rings. The number of anilines is 1. The van der Waals surface area contributed by atoms with Crippen LogP contribution in [-0.4, -0.2) is 13.8 Å². The van der Waals surface area contributed by atoms with Crippen LogP contribution in [0.5, 0.6) is 0 Å². The normalized spacial score (nSPS) is 10.1. The van der Waals surface area contributed by atoms with Crippen molar-refractivity contribution in [2.24, 2.45) is 0 Å². The lowest BCUT2D eigenvalue weighted by Crippen LogP contribution is -2.17. The van der Waals surface area contributed by atoms with Crippen LogP contribution in [0.4, 0.5) is 10.1 Å². The average molecular weight is 205 g/mol. The zero-order valence-corrected chi connectivity index (χ0v) is 9.15. The first-order valence-corrected chi connectivity index (χ1v) is 4.82. The lowest BCUT2D eigenvalue weighted by atomic mass is 9.90. The lowest BCUT2D eigenvalue weighted by Gasteiger charge is -2.13. The molecular weight excluding hydrogens is 192 g/mol. The predicted molar refractivity (Wildman–Crippen MR) is 60.2 cm³/mol. The highest BCUT2D eigenvalue weighted by Gasteiger charge is 2.11. The van der Waals surface area contributed by atoms with E-state index in [1.54, 1.807) is 20.8 Å². The number of rotatable bonds is 2. The largest absolute Gasteiger partial charge is 0.326 e. The van der Waals surface area contributed by atoms with Gasteiger partial charge in [-0.3, -0.25) is 4.79 Å². The van der Waals surface area contributed by atoms with Gasteiger partial charge in [0.1, 0.15) is 13.7 Å². The zero-order chi connectivity index (χ0) is 11.6. The van der Waals surface area contributed by atoms with Crippen molar-refractivity contribution in [1.82, 2.24) is 0 Å². The standard InChI is InChI=1S/C11H13BFNO/c1-4-9(15)14-11-6(2)5-8(12)10(13)7(11)3/h5H,4H2,1-3H3,(H,14,15). The molecular formula is C11H13BFNO. The Morgan fingerprint density at radius 1 is 1.53 bits per heavy atom. The molecule has 2 nitrogen and oxygen atoms in total. The molecule has 2 radical (unpaired) electrons. The van der Waals surface area contributed by atoms with E-state index in [-0.39, 0.29) is 11.4 Å². The van der Waals surface area contributed by atoms with Crippen molar-refractivity contribution >= 4 is 24.9 Å². The van der Waals surface area contributed by atoms with Gasteiger partial charge in [-0.05, 0) is 19.4 Å². The smallest absolute Gasteiger partial charge is 0.224 e. The molecule has 0 spiro atoms. The van der Waals surface area contributed by atoms with Gasteiger partial charge in [0, 0.05) is 17.7 Å². The first-order chi connectivity index (χ1) is 6.97. The summed E-state index contributed by atoms with van der Waals surface area (Å²) in [5.74, 6) is -0.600. The van der Waals surface area contributed by atoms with E-state index in [2.05, 4.69) is 5.32 Å². The van der Waals surface area contributed by atoms with Gasteiger partial charge >= 0.3 is 0 Å². The molecule has 0 bridgehead atoms. The van der Waals surface area contributed by atoms with Gasteiger partial charge in [-0.25, -0.2) is 4.39 Å². The second-order valence-electron chi connectivity index (χ2n) is 3.50. The molecule has 1 N–H and O–H groups in total. The van der Waals surface area contributed by atoms with Crippen LogP contribution in [0.15, 0.2) is 6.07 Å². The van der Waals surface area contributed by atoms with Crippen molar-refractivity contribution in [2.45, 2.75) is 27.2 Å². The third-order valence-electron chi connectivity index (χ3n) is 2.31. The molecule has 4 heteroatoms. The minimum atomic E-state index is -0.466. The van der Waals surface area contributed by atoms with Gasteiger partial charge in [0.05, 0.1) is 0 Å². The van der Waals surface area contributed by atoms with E-state index in [9.17, 15) is 9.18 Å². The summed E-state index contributed by atoms with van der Waals surface area (Å²) >= 11 is 0. The van der Waals surface area contributed by atoms with E-state index in [1.165, 1.54) is 6.07 Å². The summed E-state index contributed by atoms with van der Waals surface area (Å²) in [5.41, 5.74) is 1.79. The Balaban J connectivity index is 3.18. The third kappa shape index (κ3) is 2.38. The number of hydrogen-bond donors (Lipinski definition) is 1.